The van der Waals surface area contributed by atoms with Crippen molar-refractivity contribution in [3.63, 3.8) is 0 Å². The summed E-state index contributed by atoms with van der Waals surface area (Å²) in [6, 6.07) is 9.96. The molecule has 1 aromatic carbocycles. The Labute approximate surface area is 199 Å². The van der Waals surface area contributed by atoms with E-state index in [2.05, 4.69) is 28.0 Å². The summed E-state index contributed by atoms with van der Waals surface area (Å²) in [5.41, 5.74) is 2.08. The molecule has 5 heteroatoms. The molecule has 2 unspecified atom stereocenters. The van der Waals surface area contributed by atoms with Crippen LogP contribution in [0.25, 0.3) is 0 Å². The van der Waals surface area contributed by atoms with Crippen LogP contribution in [0.2, 0.25) is 0 Å². The van der Waals surface area contributed by atoms with Gasteiger partial charge in [0.2, 0.25) is 0 Å². The summed E-state index contributed by atoms with van der Waals surface area (Å²) < 4.78 is 0. The molecule has 0 aromatic heterocycles. The lowest BCUT2D eigenvalue weighted by molar-refractivity contribution is -0.145. The van der Waals surface area contributed by atoms with Crippen LogP contribution in [0.1, 0.15) is 75.3 Å². The fourth-order valence-electron chi connectivity index (χ4n) is 6.53. The summed E-state index contributed by atoms with van der Waals surface area (Å²) in [5.74, 6) is 1.23. The van der Waals surface area contributed by atoms with Crippen molar-refractivity contribution in [2.45, 2.75) is 76.7 Å². The zero-order chi connectivity index (χ0) is 23.0. The predicted octanol–water partition coefficient (Wildman–Crippen LogP) is 4.95. The van der Waals surface area contributed by atoms with Crippen LogP contribution < -0.4 is 0 Å². The first-order chi connectivity index (χ1) is 16.1. The van der Waals surface area contributed by atoms with Crippen LogP contribution in [0.5, 0.6) is 0 Å². The second-order valence-electron chi connectivity index (χ2n) is 10.8. The van der Waals surface area contributed by atoms with Gasteiger partial charge in [0.1, 0.15) is 6.04 Å². The zero-order valence-electron chi connectivity index (χ0n) is 20.1. The summed E-state index contributed by atoms with van der Waals surface area (Å²) in [6.07, 6.45) is 13.2. The first-order valence-electron chi connectivity index (χ1n) is 13.3. The molecule has 2 saturated heterocycles. The average Bonchev–Trinajstić information content (AvgIpc) is 3.29. The van der Waals surface area contributed by atoms with Gasteiger partial charge in [0.25, 0.3) is 0 Å². The van der Waals surface area contributed by atoms with Crippen LogP contribution >= 0.6 is 0 Å². The van der Waals surface area contributed by atoms with Gasteiger partial charge in [-0.05, 0) is 100 Å². The fraction of sp³-hybridized carbons (Fsp3) is 0.714. The van der Waals surface area contributed by atoms with Crippen molar-refractivity contribution >= 4 is 5.97 Å². The van der Waals surface area contributed by atoms with Crippen molar-refractivity contribution in [3.05, 3.63) is 35.4 Å². The van der Waals surface area contributed by atoms with Gasteiger partial charge in [-0.15, -0.1) is 0 Å². The fourth-order valence-corrected chi connectivity index (χ4v) is 6.53. The minimum absolute atomic E-state index is 0.253. The molecule has 5 nitrogen and oxygen atoms in total. The number of nitrogens with zero attached hydrogens (tertiary/aromatic N) is 3. The third-order valence-corrected chi connectivity index (χ3v) is 8.44. The molecule has 2 heterocycles. The highest BCUT2D eigenvalue weighted by Gasteiger charge is 2.38. The normalized spacial score (nSPS) is 24.5. The molecular weight excluding hydrogens is 410 g/mol. The Morgan fingerprint density at radius 1 is 1.00 bits per heavy atom. The highest BCUT2D eigenvalue weighted by atomic mass is 16.4. The molecule has 0 amide bonds. The first-order valence-corrected chi connectivity index (χ1v) is 13.3. The summed E-state index contributed by atoms with van der Waals surface area (Å²) >= 11 is 0. The van der Waals surface area contributed by atoms with Crippen molar-refractivity contribution in [3.8, 4) is 6.07 Å². The van der Waals surface area contributed by atoms with Gasteiger partial charge in [0.15, 0.2) is 0 Å². The number of hydrogen-bond acceptors (Lipinski definition) is 4. The molecule has 4 rings (SSSR count). The number of hydrogen-bond donors (Lipinski definition) is 1. The second-order valence-corrected chi connectivity index (χ2v) is 10.8. The lowest BCUT2D eigenvalue weighted by atomic mass is 9.83. The Balaban J connectivity index is 1.15. The van der Waals surface area contributed by atoms with Crippen molar-refractivity contribution in [1.82, 2.24) is 9.80 Å². The molecule has 1 aliphatic carbocycles. The van der Waals surface area contributed by atoms with E-state index in [1.807, 2.05) is 12.1 Å². The van der Waals surface area contributed by atoms with Crippen LogP contribution in [0.3, 0.4) is 0 Å². The number of aliphatic carboxylic acids is 1. The first kappa shape index (κ1) is 24.2. The number of piperidine rings is 1. The third-order valence-electron chi connectivity index (χ3n) is 8.44. The molecule has 0 bridgehead atoms. The minimum Gasteiger partial charge on any atom is -0.480 e. The molecule has 180 valence electrons. The van der Waals surface area contributed by atoms with Crippen molar-refractivity contribution < 1.29 is 9.90 Å². The van der Waals surface area contributed by atoms with Gasteiger partial charge in [-0.2, -0.15) is 5.26 Å². The van der Waals surface area contributed by atoms with E-state index in [1.165, 1.54) is 63.6 Å². The molecule has 1 saturated carbocycles. The van der Waals surface area contributed by atoms with E-state index in [0.29, 0.717) is 11.8 Å². The van der Waals surface area contributed by atoms with Crippen LogP contribution in [-0.4, -0.2) is 59.6 Å². The van der Waals surface area contributed by atoms with E-state index in [-0.39, 0.29) is 6.04 Å². The topological polar surface area (TPSA) is 67.6 Å². The Hall–Kier alpha value is -1.90. The summed E-state index contributed by atoms with van der Waals surface area (Å²) in [5, 5.41) is 18.8. The number of carboxylic acid groups (broad SMARTS) is 1. The lowest BCUT2D eigenvalue weighted by Gasteiger charge is -2.35. The highest BCUT2D eigenvalue weighted by Crippen LogP contribution is 2.32. The Kier molecular flexibility index (Phi) is 8.81. The minimum atomic E-state index is -0.593. The standard InChI is InChI=1S/C28H41N3O2/c29-19-24-11-9-22(10-12-24)5-4-6-23-13-16-30(17-14-23)20-25-15-18-31(21-25)27(28(32)33)26-7-2-1-3-8-26/h9-12,23,25-27H,1-8,13-18,20-21H2,(H,32,33). The Bertz CT molecular complexity index is 788. The number of aryl methyl sites for hydroxylation is 1. The predicted molar refractivity (Wildman–Crippen MR) is 131 cm³/mol. The molecule has 1 N–H and O–H groups in total. The number of likely N-dealkylation sites (tertiary alicyclic amines) is 2. The monoisotopic (exact) mass is 451 g/mol. The van der Waals surface area contributed by atoms with Gasteiger partial charge in [-0.3, -0.25) is 9.69 Å². The van der Waals surface area contributed by atoms with Crippen molar-refractivity contribution in [2.75, 3.05) is 32.7 Å². The van der Waals surface area contributed by atoms with Crippen LogP contribution in [0.15, 0.2) is 24.3 Å². The van der Waals surface area contributed by atoms with E-state index >= 15 is 0 Å². The lowest BCUT2D eigenvalue weighted by Crippen LogP contribution is -2.46. The van der Waals surface area contributed by atoms with Gasteiger partial charge in [0.05, 0.1) is 11.6 Å². The van der Waals surface area contributed by atoms with E-state index in [4.69, 9.17) is 5.26 Å². The molecule has 2 aliphatic heterocycles. The Morgan fingerprint density at radius 2 is 1.70 bits per heavy atom. The molecule has 3 fully saturated rings. The van der Waals surface area contributed by atoms with Gasteiger partial charge < -0.3 is 10.0 Å². The number of carboxylic acids is 1. The summed E-state index contributed by atoms with van der Waals surface area (Å²) in [4.78, 5) is 17.0. The zero-order valence-corrected chi connectivity index (χ0v) is 20.1. The van der Waals surface area contributed by atoms with E-state index in [1.54, 1.807) is 0 Å². The van der Waals surface area contributed by atoms with Gasteiger partial charge in [-0.25, -0.2) is 0 Å². The Morgan fingerprint density at radius 3 is 2.36 bits per heavy atom. The second kappa shape index (κ2) is 12.0. The molecular formula is C28H41N3O2. The number of carbonyl (C=O) groups is 1. The number of nitriles is 1. The molecule has 1 aromatic rings. The number of rotatable bonds is 9. The van der Waals surface area contributed by atoms with Gasteiger partial charge >= 0.3 is 5.97 Å². The van der Waals surface area contributed by atoms with E-state index in [9.17, 15) is 9.90 Å². The van der Waals surface area contributed by atoms with Crippen LogP contribution in [0, 0.1) is 29.1 Å². The third kappa shape index (κ3) is 6.80. The molecule has 33 heavy (non-hydrogen) atoms. The smallest absolute Gasteiger partial charge is 0.321 e. The van der Waals surface area contributed by atoms with E-state index < -0.39 is 5.97 Å². The number of benzene rings is 1. The summed E-state index contributed by atoms with van der Waals surface area (Å²) in [6.45, 7) is 5.47. The molecule has 2 atom stereocenters. The molecule has 0 spiro atoms. The van der Waals surface area contributed by atoms with E-state index in [0.717, 1.165) is 56.8 Å². The van der Waals surface area contributed by atoms with Crippen LogP contribution in [0.4, 0.5) is 0 Å². The van der Waals surface area contributed by atoms with Gasteiger partial charge in [-0.1, -0.05) is 37.8 Å². The maximum Gasteiger partial charge on any atom is 0.321 e. The van der Waals surface area contributed by atoms with Crippen molar-refractivity contribution in [2.24, 2.45) is 17.8 Å². The largest absolute Gasteiger partial charge is 0.480 e. The SMILES string of the molecule is N#Cc1ccc(CCCC2CCN(CC3CCN(C(C(=O)O)C4CCCCC4)C3)CC2)cc1. The maximum absolute atomic E-state index is 12.1. The quantitative estimate of drug-likeness (QED) is 0.575. The highest BCUT2D eigenvalue weighted by molar-refractivity contribution is 5.74. The van der Waals surface area contributed by atoms with Crippen LogP contribution in [-0.2, 0) is 11.2 Å². The molecule has 3 aliphatic rings. The maximum atomic E-state index is 12.1. The van der Waals surface area contributed by atoms with Crippen molar-refractivity contribution in [1.29, 1.82) is 5.26 Å². The summed E-state index contributed by atoms with van der Waals surface area (Å²) in [7, 11) is 0. The average molecular weight is 452 g/mol. The molecule has 0 radical (unpaired) electrons. The van der Waals surface area contributed by atoms with Gasteiger partial charge in [0, 0.05) is 13.1 Å².